The summed E-state index contributed by atoms with van der Waals surface area (Å²) >= 11 is 6.29. The number of carbonyl (C=O) groups excluding carboxylic acids is 1. The average Bonchev–Trinajstić information content (AvgIpc) is 3.48. The van der Waals surface area contributed by atoms with Crippen molar-refractivity contribution in [2.45, 2.75) is 25.9 Å². The van der Waals surface area contributed by atoms with E-state index in [1.54, 1.807) is 12.1 Å². The molecule has 7 heteroatoms. The molecule has 1 N–H and O–H groups in total. The van der Waals surface area contributed by atoms with Gasteiger partial charge in [0, 0.05) is 16.1 Å². The molecular formula is C23H26ClN5O. The minimum atomic E-state index is -0.0745. The van der Waals surface area contributed by atoms with Crippen molar-refractivity contribution in [1.29, 1.82) is 0 Å². The van der Waals surface area contributed by atoms with Gasteiger partial charge in [0.25, 0.3) is 0 Å². The molecule has 6 nitrogen and oxygen atoms in total. The molecule has 2 aromatic carbocycles. The number of benzene rings is 2. The monoisotopic (exact) mass is 423 g/mol. The molecule has 0 bridgehead atoms. The predicted molar refractivity (Wildman–Crippen MR) is 118 cm³/mol. The number of ketones is 1. The summed E-state index contributed by atoms with van der Waals surface area (Å²) in [6, 6.07) is 14.7. The number of nitrogens with one attached hydrogen (secondary N) is 1. The van der Waals surface area contributed by atoms with Crippen LogP contribution in [-0.2, 0) is 13.1 Å². The van der Waals surface area contributed by atoms with E-state index in [2.05, 4.69) is 15.5 Å². The molecule has 1 aliphatic rings. The van der Waals surface area contributed by atoms with Crippen LogP contribution in [0.5, 0.6) is 0 Å². The maximum absolute atomic E-state index is 13.3. The molecule has 0 aliphatic heterocycles. The SMILES string of the molecule is CN(C)Cc1nnc(CNCC2CC2)n1-c1ccc(Cl)cc1C(=O)c1ccccc1. The Kier molecular flexibility index (Phi) is 6.27. The van der Waals surface area contributed by atoms with Crippen molar-refractivity contribution in [2.75, 3.05) is 20.6 Å². The Balaban J connectivity index is 1.76. The van der Waals surface area contributed by atoms with Gasteiger partial charge in [-0.15, -0.1) is 10.2 Å². The van der Waals surface area contributed by atoms with E-state index in [9.17, 15) is 4.79 Å². The summed E-state index contributed by atoms with van der Waals surface area (Å²) in [5, 5.41) is 12.9. The predicted octanol–water partition coefficient (Wildman–Crippen LogP) is 3.71. The topological polar surface area (TPSA) is 63.1 Å². The molecule has 1 aromatic heterocycles. The van der Waals surface area contributed by atoms with Gasteiger partial charge >= 0.3 is 0 Å². The van der Waals surface area contributed by atoms with Crippen LogP contribution in [0.2, 0.25) is 5.02 Å². The van der Waals surface area contributed by atoms with Crippen LogP contribution in [0.4, 0.5) is 0 Å². The summed E-state index contributed by atoms with van der Waals surface area (Å²) in [6.07, 6.45) is 2.58. The number of hydrogen-bond donors (Lipinski definition) is 1. The first kappa shape index (κ1) is 20.7. The lowest BCUT2D eigenvalue weighted by Gasteiger charge is -2.17. The molecular weight excluding hydrogens is 398 g/mol. The Morgan fingerprint density at radius 1 is 1.13 bits per heavy atom. The summed E-state index contributed by atoms with van der Waals surface area (Å²) < 4.78 is 1.99. The molecule has 0 spiro atoms. The van der Waals surface area contributed by atoms with Gasteiger partial charge in [-0.2, -0.15) is 0 Å². The Morgan fingerprint density at radius 3 is 2.57 bits per heavy atom. The lowest BCUT2D eigenvalue weighted by atomic mass is 10.0. The number of halogens is 1. The minimum absolute atomic E-state index is 0.0745. The molecule has 0 unspecified atom stereocenters. The summed E-state index contributed by atoms with van der Waals surface area (Å²) in [4.78, 5) is 15.4. The molecule has 1 heterocycles. The summed E-state index contributed by atoms with van der Waals surface area (Å²) in [7, 11) is 3.98. The van der Waals surface area contributed by atoms with Crippen LogP contribution in [-0.4, -0.2) is 46.1 Å². The first-order valence-corrected chi connectivity index (χ1v) is 10.6. The molecule has 1 saturated carbocycles. The molecule has 1 aliphatic carbocycles. The molecule has 0 radical (unpaired) electrons. The standard InChI is InChI=1S/C23H26ClN5O/c1-28(2)15-22-27-26-21(14-25-13-16-8-9-16)29(22)20-11-10-18(24)12-19(20)23(30)17-6-4-3-5-7-17/h3-7,10-12,16,25H,8-9,13-15H2,1-2H3. The number of nitrogens with zero attached hydrogens (tertiary/aromatic N) is 4. The van der Waals surface area contributed by atoms with Crippen LogP contribution in [0, 0.1) is 5.92 Å². The zero-order chi connectivity index (χ0) is 21.1. The highest BCUT2D eigenvalue weighted by atomic mass is 35.5. The van der Waals surface area contributed by atoms with E-state index in [0.29, 0.717) is 29.2 Å². The molecule has 4 rings (SSSR count). The first-order valence-electron chi connectivity index (χ1n) is 10.2. The average molecular weight is 424 g/mol. The van der Waals surface area contributed by atoms with Gasteiger partial charge in [-0.25, -0.2) is 0 Å². The Bertz CT molecular complexity index is 1030. The zero-order valence-corrected chi connectivity index (χ0v) is 18.1. The number of aromatic nitrogens is 3. The van der Waals surface area contributed by atoms with E-state index >= 15 is 0 Å². The van der Waals surface area contributed by atoms with Crippen LogP contribution < -0.4 is 5.32 Å². The third kappa shape index (κ3) is 4.78. The van der Waals surface area contributed by atoms with Crippen LogP contribution in [0.15, 0.2) is 48.5 Å². The quantitative estimate of drug-likeness (QED) is 0.531. The van der Waals surface area contributed by atoms with Gasteiger partial charge in [0.15, 0.2) is 17.4 Å². The van der Waals surface area contributed by atoms with Gasteiger partial charge in [0.2, 0.25) is 0 Å². The third-order valence-corrected chi connectivity index (χ3v) is 5.38. The second-order valence-electron chi connectivity index (χ2n) is 8.04. The highest BCUT2D eigenvalue weighted by Crippen LogP contribution is 2.28. The van der Waals surface area contributed by atoms with Crippen LogP contribution >= 0.6 is 11.6 Å². The van der Waals surface area contributed by atoms with Gasteiger partial charge in [0.1, 0.15) is 0 Å². The van der Waals surface area contributed by atoms with Gasteiger partial charge in [0.05, 0.1) is 18.8 Å². The first-order chi connectivity index (χ1) is 14.5. The lowest BCUT2D eigenvalue weighted by Crippen LogP contribution is -2.22. The van der Waals surface area contributed by atoms with Crippen LogP contribution in [0.3, 0.4) is 0 Å². The Morgan fingerprint density at radius 2 is 1.87 bits per heavy atom. The van der Waals surface area contributed by atoms with Crippen molar-refractivity contribution < 1.29 is 4.79 Å². The minimum Gasteiger partial charge on any atom is -0.310 e. The number of carbonyl (C=O) groups is 1. The molecule has 1 fully saturated rings. The highest BCUT2D eigenvalue weighted by Gasteiger charge is 2.23. The highest BCUT2D eigenvalue weighted by molar-refractivity contribution is 6.31. The van der Waals surface area contributed by atoms with Crippen molar-refractivity contribution in [3.8, 4) is 5.69 Å². The maximum Gasteiger partial charge on any atom is 0.195 e. The van der Waals surface area contributed by atoms with Crippen molar-refractivity contribution in [3.05, 3.63) is 76.3 Å². The largest absolute Gasteiger partial charge is 0.310 e. The van der Waals surface area contributed by atoms with Crippen LogP contribution in [0.1, 0.15) is 40.4 Å². The zero-order valence-electron chi connectivity index (χ0n) is 17.3. The second kappa shape index (κ2) is 9.08. The fourth-order valence-corrected chi connectivity index (χ4v) is 3.64. The van der Waals surface area contributed by atoms with Gasteiger partial charge in [-0.05, 0) is 57.6 Å². The molecule has 0 atom stereocenters. The molecule has 0 amide bonds. The third-order valence-electron chi connectivity index (χ3n) is 5.15. The number of rotatable bonds is 9. The molecule has 0 saturated heterocycles. The van der Waals surface area contributed by atoms with E-state index in [4.69, 9.17) is 11.6 Å². The molecule has 3 aromatic rings. The fraction of sp³-hybridized carbons (Fsp3) is 0.348. The Labute approximate surface area is 181 Å². The maximum atomic E-state index is 13.3. The van der Waals surface area contributed by atoms with E-state index in [1.165, 1.54) is 12.8 Å². The van der Waals surface area contributed by atoms with E-state index in [-0.39, 0.29) is 5.78 Å². The second-order valence-corrected chi connectivity index (χ2v) is 8.47. The fourth-order valence-electron chi connectivity index (χ4n) is 3.47. The molecule has 156 valence electrons. The smallest absolute Gasteiger partial charge is 0.195 e. The van der Waals surface area contributed by atoms with Crippen molar-refractivity contribution in [2.24, 2.45) is 5.92 Å². The van der Waals surface area contributed by atoms with Gasteiger partial charge in [-0.1, -0.05) is 41.9 Å². The Hall–Kier alpha value is -2.54. The van der Waals surface area contributed by atoms with Crippen molar-refractivity contribution >= 4 is 17.4 Å². The van der Waals surface area contributed by atoms with E-state index in [1.807, 2.05) is 60.0 Å². The van der Waals surface area contributed by atoms with E-state index < -0.39 is 0 Å². The lowest BCUT2D eigenvalue weighted by molar-refractivity contribution is 0.103. The van der Waals surface area contributed by atoms with Crippen LogP contribution in [0.25, 0.3) is 5.69 Å². The van der Waals surface area contributed by atoms with Gasteiger partial charge < -0.3 is 10.2 Å². The summed E-state index contributed by atoms with van der Waals surface area (Å²) in [5.74, 6) is 2.27. The number of hydrogen-bond acceptors (Lipinski definition) is 5. The van der Waals surface area contributed by atoms with Crippen molar-refractivity contribution in [1.82, 2.24) is 25.0 Å². The van der Waals surface area contributed by atoms with Crippen molar-refractivity contribution in [3.63, 3.8) is 0 Å². The summed E-state index contributed by atoms with van der Waals surface area (Å²) in [6.45, 7) is 2.18. The van der Waals surface area contributed by atoms with Gasteiger partial charge in [-0.3, -0.25) is 9.36 Å². The molecule has 30 heavy (non-hydrogen) atoms. The van der Waals surface area contributed by atoms with E-state index in [0.717, 1.165) is 29.8 Å². The normalized spacial score (nSPS) is 13.7. The summed E-state index contributed by atoms with van der Waals surface area (Å²) in [5.41, 5.74) is 1.91.